The Morgan fingerprint density at radius 1 is 1.23 bits per heavy atom. The number of hydrogen-bond donors (Lipinski definition) is 1. The molecule has 0 spiro atoms. The maximum atomic E-state index is 12.7. The summed E-state index contributed by atoms with van der Waals surface area (Å²) in [7, 11) is 0. The van der Waals surface area contributed by atoms with Crippen molar-refractivity contribution in [3.63, 3.8) is 0 Å². The van der Waals surface area contributed by atoms with Crippen molar-refractivity contribution in [2.45, 2.75) is 0 Å². The second kappa shape index (κ2) is 4.71. The zero-order valence-electron chi connectivity index (χ0n) is 11.3. The van der Waals surface area contributed by atoms with E-state index in [1.165, 1.54) is 10.9 Å². The van der Waals surface area contributed by atoms with E-state index >= 15 is 0 Å². The van der Waals surface area contributed by atoms with Gasteiger partial charge in [0, 0.05) is 9.86 Å². The van der Waals surface area contributed by atoms with Crippen LogP contribution in [0.1, 0.15) is 10.6 Å². The highest BCUT2D eigenvalue weighted by Crippen LogP contribution is 2.25. The van der Waals surface area contributed by atoms with Gasteiger partial charge in [-0.15, -0.1) is 0 Å². The SMILES string of the molecule is Nc1cccc2c1ncn2C(=O)c1cc2ccc(Br)cc2o1. The lowest BCUT2D eigenvalue weighted by atomic mass is 10.2. The minimum Gasteiger partial charge on any atom is -0.451 e. The van der Waals surface area contributed by atoms with Gasteiger partial charge >= 0.3 is 0 Å². The van der Waals surface area contributed by atoms with Gasteiger partial charge in [0.2, 0.25) is 0 Å². The van der Waals surface area contributed by atoms with E-state index in [2.05, 4.69) is 20.9 Å². The highest BCUT2D eigenvalue weighted by Gasteiger charge is 2.17. The highest BCUT2D eigenvalue weighted by atomic mass is 79.9. The molecule has 0 unspecified atom stereocenters. The average molecular weight is 356 g/mol. The van der Waals surface area contributed by atoms with Crippen LogP contribution in [0, 0.1) is 0 Å². The monoisotopic (exact) mass is 355 g/mol. The number of carbonyl (C=O) groups is 1. The molecule has 2 aromatic heterocycles. The third-order valence-corrected chi connectivity index (χ3v) is 4.01. The number of hydrogen-bond acceptors (Lipinski definition) is 4. The first-order valence-electron chi connectivity index (χ1n) is 6.59. The smallest absolute Gasteiger partial charge is 0.299 e. The van der Waals surface area contributed by atoms with Crippen LogP contribution in [0.15, 0.2) is 57.7 Å². The van der Waals surface area contributed by atoms with Crippen molar-refractivity contribution in [3.8, 4) is 0 Å². The van der Waals surface area contributed by atoms with Gasteiger partial charge in [-0.3, -0.25) is 9.36 Å². The van der Waals surface area contributed by atoms with Gasteiger partial charge in [0.05, 0.1) is 11.2 Å². The van der Waals surface area contributed by atoms with Crippen molar-refractivity contribution in [1.82, 2.24) is 9.55 Å². The molecule has 22 heavy (non-hydrogen) atoms. The van der Waals surface area contributed by atoms with Crippen LogP contribution in [0.25, 0.3) is 22.0 Å². The Kier molecular flexibility index (Phi) is 2.80. The number of fused-ring (bicyclic) bond motifs is 2. The number of anilines is 1. The summed E-state index contributed by atoms with van der Waals surface area (Å²) >= 11 is 3.38. The van der Waals surface area contributed by atoms with Gasteiger partial charge in [-0.2, -0.15) is 0 Å². The number of halogens is 1. The van der Waals surface area contributed by atoms with E-state index in [9.17, 15) is 4.79 Å². The molecule has 108 valence electrons. The summed E-state index contributed by atoms with van der Waals surface area (Å²) in [6, 6.07) is 12.7. The van der Waals surface area contributed by atoms with Crippen molar-refractivity contribution in [2.75, 3.05) is 5.73 Å². The predicted octanol–water partition coefficient (Wildman–Crippen LogP) is 3.82. The van der Waals surface area contributed by atoms with E-state index in [1.807, 2.05) is 18.2 Å². The minimum atomic E-state index is -0.277. The lowest BCUT2D eigenvalue weighted by Gasteiger charge is -2.00. The van der Waals surface area contributed by atoms with Crippen molar-refractivity contribution < 1.29 is 9.21 Å². The summed E-state index contributed by atoms with van der Waals surface area (Å²) < 4.78 is 7.99. The van der Waals surface area contributed by atoms with Gasteiger partial charge in [-0.1, -0.05) is 22.0 Å². The quantitative estimate of drug-likeness (QED) is 0.526. The minimum absolute atomic E-state index is 0.259. The molecule has 6 heteroatoms. The van der Waals surface area contributed by atoms with E-state index < -0.39 is 0 Å². The molecule has 2 N–H and O–H groups in total. The third-order valence-electron chi connectivity index (χ3n) is 3.52. The summed E-state index contributed by atoms with van der Waals surface area (Å²) in [6.45, 7) is 0. The van der Waals surface area contributed by atoms with Crippen LogP contribution in [-0.2, 0) is 0 Å². The van der Waals surface area contributed by atoms with Crippen molar-refractivity contribution in [1.29, 1.82) is 0 Å². The number of furan rings is 1. The molecule has 0 aliphatic carbocycles. The lowest BCUT2D eigenvalue weighted by Crippen LogP contribution is -2.09. The number of aromatic nitrogens is 2. The zero-order valence-corrected chi connectivity index (χ0v) is 12.9. The largest absolute Gasteiger partial charge is 0.451 e. The first-order chi connectivity index (χ1) is 10.6. The molecular formula is C16H10BrN3O2. The maximum absolute atomic E-state index is 12.7. The number of nitrogens with zero attached hydrogens (tertiary/aromatic N) is 2. The van der Waals surface area contributed by atoms with Crippen LogP contribution in [0.4, 0.5) is 5.69 Å². The van der Waals surface area contributed by atoms with E-state index in [4.69, 9.17) is 10.2 Å². The molecule has 0 fully saturated rings. The van der Waals surface area contributed by atoms with Gasteiger partial charge in [-0.05, 0) is 36.4 Å². The molecule has 0 saturated heterocycles. The summed E-state index contributed by atoms with van der Waals surface area (Å²) in [6.07, 6.45) is 1.46. The Hall–Kier alpha value is -2.60. The molecule has 2 heterocycles. The number of carbonyl (C=O) groups excluding carboxylic acids is 1. The molecule has 4 aromatic rings. The van der Waals surface area contributed by atoms with Gasteiger partial charge < -0.3 is 10.2 Å². The van der Waals surface area contributed by atoms with Crippen LogP contribution in [-0.4, -0.2) is 15.5 Å². The Morgan fingerprint density at radius 2 is 2.09 bits per heavy atom. The topological polar surface area (TPSA) is 74.0 Å². The number of imidazole rings is 1. The molecule has 0 aliphatic heterocycles. The van der Waals surface area contributed by atoms with Gasteiger partial charge in [0.25, 0.3) is 5.91 Å². The van der Waals surface area contributed by atoms with Gasteiger partial charge in [0.15, 0.2) is 5.76 Å². The Labute approximate surface area is 133 Å². The first kappa shape index (κ1) is 13.1. The molecule has 0 bridgehead atoms. The number of rotatable bonds is 1. The Balaban J connectivity index is 1.86. The van der Waals surface area contributed by atoms with Gasteiger partial charge in [-0.25, -0.2) is 4.98 Å². The van der Waals surface area contributed by atoms with Crippen molar-refractivity contribution >= 4 is 49.5 Å². The van der Waals surface area contributed by atoms with Crippen LogP contribution in [0.3, 0.4) is 0 Å². The van der Waals surface area contributed by atoms with E-state index in [0.29, 0.717) is 22.3 Å². The number of para-hydroxylation sites is 1. The second-order valence-electron chi connectivity index (χ2n) is 4.93. The highest BCUT2D eigenvalue weighted by molar-refractivity contribution is 9.10. The zero-order chi connectivity index (χ0) is 15.3. The molecule has 0 amide bonds. The third kappa shape index (κ3) is 1.92. The van der Waals surface area contributed by atoms with E-state index in [-0.39, 0.29) is 11.7 Å². The molecular weight excluding hydrogens is 346 g/mol. The van der Waals surface area contributed by atoms with Crippen LogP contribution in [0.5, 0.6) is 0 Å². The number of benzene rings is 2. The summed E-state index contributed by atoms with van der Waals surface area (Å²) in [4.78, 5) is 16.9. The Morgan fingerprint density at radius 3 is 2.95 bits per heavy atom. The fraction of sp³-hybridized carbons (Fsp3) is 0. The molecule has 0 radical (unpaired) electrons. The van der Waals surface area contributed by atoms with Crippen LogP contribution < -0.4 is 5.73 Å². The van der Waals surface area contributed by atoms with Crippen LogP contribution in [0.2, 0.25) is 0 Å². The standard InChI is InChI=1S/C16H10BrN3O2/c17-10-5-4-9-6-14(22-13(9)7-10)16(21)20-8-19-15-11(18)2-1-3-12(15)20/h1-8H,18H2. The van der Waals surface area contributed by atoms with Crippen LogP contribution >= 0.6 is 15.9 Å². The summed E-state index contributed by atoms with van der Waals surface area (Å²) in [5.74, 6) is -0.0183. The predicted molar refractivity (Wildman–Crippen MR) is 87.8 cm³/mol. The number of nitrogens with two attached hydrogens (primary N) is 1. The van der Waals surface area contributed by atoms with E-state index in [1.54, 1.807) is 24.3 Å². The molecule has 4 rings (SSSR count). The lowest BCUT2D eigenvalue weighted by molar-refractivity contribution is 0.0939. The van der Waals surface area contributed by atoms with Gasteiger partial charge in [0.1, 0.15) is 17.4 Å². The first-order valence-corrected chi connectivity index (χ1v) is 7.38. The fourth-order valence-corrected chi connectivity index (χ4v) is 2.79. The molecule has 0 atom stereocenters. The normalized spacial score (nSPS) is 11.3. The summed E-state index contributed by atoms with van der Waals surface area (Å²) in [5.41, 5.74) is 8.33. The number of nitrogen functional groups attached to an aromatic ring is 1. The molecule has 0 aliphatic rings. The molecule has 5 nitrogen and oxygen atoms in total. The molecule has 0 saturated carbocycles. The second-order valence-corrected chi connectivity index (χ2v) is 5.84. The fourth-order valence-electron chi connectivity index (χ4n) is 2.45. The Bertz CT molecular complexity index is 1030. The van der Waals surface area contributed by atoms with E-state index in [0.717, 1.165) is 9.86 Å². The van der Waals surface area contributed by atoms with Crippen molar-refractivity contribution in [2.24, 2.45) is 0 Å². The molecule has 2 aromatic carbocycles. The van der Waals surface area contributed by atoms with Crippen molar-refractivity contribution in [3.05, 3.63) is 59.0 Å². The average Bonchev–Trinajstić information content (AvgIpc) is 3.10. The summed E-state index contributed by atoms with van der Waals surface area (Å²) in [5, 5.41) is 0.871. The maximum Gasteiger partial charge on any atom is 0.299 e.